The molecule has 66 valence electrons. The lowest BCUT2D eigenvalue weighted by Gasteiger charge is -2.00. The average molecular weight is 155 g/mol. The van der Waals surface area contributed by atoms with Gasteiger partial charge in [0.2, 0.25) is 0 Å². The van der Waals surface area contributed by atoms with Crippen molar-refractivity contribution in [1.29, 1.82) is 0 Å². The molecule has 0 unspecified atom stereocenters. The van der Waals surface area contributed by atoms with Gasteiger partial charge in [-0.1, -0.05) is 32.3 Å². The Morgan fingerprint density at radius 2 is 2.00 bits per heavy atom. The highest BCUT2D eigenvalue weighted by atomic mass is 14.8. The van der Waals surface area contributed by atoms with E-state index in [-0.39, 0.29) is 0 Å². The van der Waals surface area contributed by atoms with Gasteiger partial charge in [-0.25, -0.2) is 0 Å². The van der Waals surface area contributed by atoms with Crippen molar-refractivity contribution in [1.82, 2.24) is 5.32 Å². The first-order chi connectivity index (χ1) is 5.31. The van der Waals surface area contributed by atoms with Crippen LogP contribution in [0.5, 0.6) is 0 Å². The van der Waals surface area contributed by atoms with Crippen molar-refractivity contribution in [2.45, 2.75) is 46.5 Å². The minimum absolute atomic E-state index is 1.13. The zero-order valence-electron chi connectivity index (χ0n) is 8.11. The minimum Gasteiger partial charge on any atom is -0.391 e. The van der Waals surface area contributed by atoms with Crippen molar-refractivity contribution in [2.75, 3.05) is 6.54 Å². The number of allylic oxidation sites excluding steroid dienone is 1. The van der Waals surface area contributed by atoms with Gasteiger partial charge in [0.15, 0.2) is 0 Å². The Bertz CT molecular complexity index is 105. The molecule has 0 heterocycles. The fourth-order valence-electron chi connectivity index (χ4n) is 0.826. The van der Waals surface area contributed by atoms with Gasteiger partial charge < -0.3 is 5.32 Å². The Morgan fingerprint density at radius 1 is 1.27 bits per heavy atom. The summed E-state index contributed by atoms with van der Waals surface area (Å²) < 4.78 is 0. The lowest BCUT2D eigenvalue weighted by molar-refractivity contribution is 0.680. The van der Waals surface area contributed by atoms with E-state index in [1.165, 1.54) is 24.8 Å². The van der Waals surface area contributed by atoms with Crippen LogP contribution in [0, 0.1) is 0 Å². The summed E-state index contributed by atoms with van der Waals surface area (Å²) in [5, 5.41) is 3.31. The molecule has 1 heteroatoms. The molecule has 0 aliphatic heterocycles. The fourth-order valence-corrected chi connectivity index (χ4v) is 0.826. The fraction of sp³-hybridized carbons (Fsp3) is 0.800. The molecule has 1 nitrogen and oxygen atoms in total. The second-order valence-corrected chi connectivity index (χ2v) is 3.01. The summed E-state index contributed by atoms with van der Waals surface area (Å²) in [5.74, 6) is 0. The Balaban J connectivity index is 3.12. The zero-order chi connectivity index (χ0) is 8.53. The third kappa shape index (κ3) is 7.44. The first kappa shape index (κ1) is 10.5. The van der Waals surface area contributed by atoms with Gasteiger partial charge in [-0.15, -0.1) is 0 Å². The van der Waals surface area contributed by atoms with E-state index >= 15 is 0 Å². The first-order valence-corrected chi connectivity index (χ1v) is 4.70. The van der Waals surface area contributed by atoms with Crippen molar-refractivity contribution < 1.29 is 0 Å². The Labute approximate surface area is 70.9 Å². The molecule has 0 aromatic heterocycles. The van der Waals surface area contributed by atoms with Gasteiger partial charge in [0.05, 0.1) is 0 Å². The molecule has 0 bridgehead atoms. The maximum atomic E-state index is 3.31. The van der Waals surface area contributed by atoms with Gasteiger partial charge in [0, 0.05) is 6.54 Å². The third-order valence-electron chi connectivity index (χ3n) is 1.83. The van der Waals surface area contributed by atoms with Crippen molar-refractivity contribution in [3.8, 4) is 0 Å². The average Bonchev–Trinajstić information content (AvgIpc) is 2.04. The van der Waals surface area contributed by atoms with Crippen LogP contribution in [0.15, 0.2) is 11.8 Å². The molecular weight excluding hydrogens is 134 g/mol. The predicted octanol–water partition coefficient (Wildman–Crippen LogP) is 3.08. The van der Waals surface area contributed by atoms with Gasteiger partial charge in [-0.3, -0.25) is 0 Å². The number of unbranched alkanes of at least 4 members (excludes halogenated alkanes) is 2. The van der Waals surface area contributed by atoms with Crippen LogP contribution in [0.3, 0.4) is 0 Å². The van der Waals surface area contributed by atoms with Crippen molar-refractivity contribution in [3.05, 3.63) is 11.8 Å². The Morgan fingerprint density at radius 3 is 2.55 bits per heavy atom. The van der Waals surface area contributed by atoms with Crippen LogP contribution in [-0.2, 0) is 0 Å². The molecule has 11 heavy (non-hydrogen) atoms. The molecule has 0 rings (SSSR count). The van der Waals surface area contributed by atoms with E-state index in [9.17, 15) is 0 Å². The van der Waals surface area contributed by atoms with Crippen molar-refractivity contribution in [2.24, 2.45) is 0 Å². The van der Waals surface area contributed by atoms with Crippen LogP contribution in [0.2, 0.25) is 0 Å². The monoisotopic (exact) mass is 155 g/mol. The van der Waals surface area contributed by atoms with Crippen LogP contribution >= 0.6 is 0 Å². The van der Waals surface area contributed by atoms with Gasteiger partial charge in [-0.05, 0) is 26.0 Å². The number of rotatable bonds is 6. The first-order valence-electron chi connectivity index (χ1n) is 4.70. The standard InChI is InChI=1S/C10H21N/c1-4-6-7-8-11-9-10(3)5-2/h9,11H,4-8H2,1-3H3. The van der Waals surface area contributed by atoms with E-state index in [2.05, 4.69) is 32.3 Å². The predicted molar refractivity (Wildman–Crippen MR) is 51.6 cm³/mol. The molecule has 0 atom stereocenters. The van der Waals surface area contributed by atoms with E-state index in [1.807, 2.05) is 0 Å². The topological polar surface area (TPSA) is 12.0 Å². The summed E-state index contributed by atoms with van der Waals surface area (Å²) in [6.45, 7) is 7.70. The van der Waals surface area contributed by atoms with Crippen LogP contribution in [0.4, 0.5) is 0 Å². The van der Waals surface area contributed by atoms with E-state index in [0.717, 1.165) is 13.0 Å². The molecule has 0 saturated carbocycles. The SMILES string of the molecule is CCCCCNC=C(C)CC. The summed E-state index contributed by atoms with van der Waals surface area (Å²) in [6, 6.07) is 0. The van der Waals surface area contributed by atoms with Crippen LogP contribution in [0.25, 0.3) is 0 Å². The molecule has 0 amide bonds. The summed E-state index contributed by atoms with van der Waals surface area (Å²) in [5.41, 5.74) is 1.43. The van der Waals surface area contributed by atoms with Crippen LogP contribution in [-0.4, -0.2) is 6.54 Å². The molecule has 0 aromatic carbocycles. The van der Waals surface area contributed by atoms with Gasteiger partial charge >= 0.3 is 0 Å². The van der Waals surface area contributed by atoms with Gasteiger partial charge in [0.25, 0.3) is 0 Å². The Hall–Kier alpha value is -0.460. The highest BCUT2D eigenvalue weighted by Crippen LogP contribution is 1.95. The van der Waals surface area contributed by atoms with Crippen LogP contribution < -0.4 is 5.32 Å². The zero-order valence-corrected chi connectivity index (χ0v) is 8.11. The number of hydrogen-bond donors (Lipinski definition) is 1. The van der Waals surface area contributed by atoms with Crippen molar-refractivity contribution >= 4 is 0 Å². The number of hydrogen-bond acceptors (Lipinski definition) is 1. The van der Waals surface area contributed by atoms with Crippen molar-refractivity contribution in [3.63, 3.8) is 0 Å². The molecule has 0 spiro atoms. The van der Waals surface area contributed by atoms with E-state index in [4.69, 9.17) is 0 Å². The lowest BCUT2D eigenvalue weighted by Crippen LogP contribution is -2.07. The van der Waals surface area contributed by atoms with E-state index in [0.29, 0.717) is 0 Å². The Kier molecular flexibility index (Phi) is 7.33. The van der Waals surface area contributed by atoms with E-state index in [1.54, 1.807) is 0 Å². The highest BCUT2D eigenvalue weighted by molar-refractivity contribution is 4.94. The summed E-state index contributed by atoms with van der Waals surface area (Å²) in [6.07, 6.45) is 7.23. The molecule has 0 saturated heterocycles. The summed E-state index contributed by atoms with van der Waals surface area (Å²) in [7, 11) is 0. The largest absolute Gasteiger partial charge is 0.391 e. The number of nitrogens with one attached hydrogen (secondary N) is 1. The maximum Gasteiger partial charge on any atom is 0.0141 e. The summed E-state index contributed by atoms with van der Waals surface area (Å²) in [4.78, 5) is 0. The third-order valence-corrected chi connectivity index (χ3v) is 1.83. The van der Waals surface area contributed by atoms with E-state index < -0.39 is 0 Å². The van der Waals surface area contributed by atoms with Gasteiger partial charge in [0.1, 0.15) is 0 Å². The molecule has 0 aliphatic rings. The smallest absolute Gasteiger partial charge is 0.0141 e. The lowest BCUT2D eigenvalue weighted by atomic mass is 10.2. The molecular formula is C10H21N. The minimum atomic E-state index is 1.13. The highest BCUT2D eigenvalue weighted by Gasteiger charge is 1.84. The second-order valence-electron chi connectivity index (χ2n) is 3.01. The second kappa shape index (κ2) is 7.64. The summed E-state index contributed by atoms with van der Waals surface area (Å²) >= 11 is 0. The normalized spacial score (nSPS) is 11.7. The van der Waals surface area contributed by atoms with Crippen LogP contribution in [0.1, 0.15) is 46.5 Å². The molecule has 1 N–H and O–H groups in total. The molecule has 0 radical (unpaired) electrons. The quantitative estimate of drug-likeness (QED) is 0.581. The molecule has 0 aliphatic carbocycles. The molecule has 0 aromatic rings. The van der Waals surface area contributed by atoms with Gasteiger partial charge in [-0.2, -0.15) is 0 Å². The maximum absolute atomic E-state index is 3.31. The molecule has 0 fully saturated rings.